The van der Waals surface area contributed by atoms with Crippen LogP contribution in [0.25, 0.3) is 10.8 Å². The molecule has 0 spiro atoms. The molecule has 1 amide bonds. The quantitative estimate of drug-likeness (QED) is 0.404. The van der Waals surface area contributed by atoms with Gasteiger partial charge < -0.3 is 4.74 Å². The summed E-state index contributed by atoms with van der Waals surface area (Å²) in [6.07, 6.45) is 3.79. The fourth-order valence-electron chi connectivity index (χ4n) is 5.75. The van der Waals surface area contributed by atoms with Crippen LogP contribution in [0.1, 0.15) is 42.5 Å². The molecule has 2 atom stereocenters. The van der Waals surface area contributed by atoms with Gasteiger partial charge in [-0.15, -0.1) is 0 Å². The Balaban J connectivity index is 1.26. The van der Waals surface area contributed by atoms with E-state index in [0.29, 0.717) is 13.0 Å². The molecule has 1 N–H and O–H groups in total. The number of carbonyl (C=O) groups excluding carboxylic acids is 1. The number of rotatable bonds is 6. The average Bonchev–Trinajstić information content (AvgIpc) is 3.43. The second-order valence-corrected chi connectivity index (χ2v) is 10.4. The molecule has 40 heavy (non-hydrogen) atoms. The molecule has 0 radical (unpaired) electrons. The van der Waals surface area contributed by atoms with Gasteiger partial charge in [0.15, 0.2) is 0 Å². The Kier molecular flexibility index (Phi) is 7.04. The molecule has 3 aromatic carbocycles. The van der Waals surface area contributed by atoms with Crippen LogP contribution < -0.4 is 16.0 Å². The molecule has 9 heteroatoms. The molecule has 2 unspecified atom stereocenters. The fraction of sp³-hybridized carbons (Fsp3) is 0.290. The van der Waals surface area contributed by atoms with Gasteiger partial charge in [-0.3, -0.25) is 24.0 Å². The zero-order valence-electron chi connectivity index (χ0n) is 22.3. The molecule has 3 heterocycles. The summed E-state index contributed by atoms with van der Waals surface area (Å²) in [4.78, 5) is 42.1. The minimum absolute atomic E-state index is 0.0916. The molecule has 1 fully saturated rings. The van der Waals surface area contributed by atoms with Gasteiger partial charge in [-0.05, 0) is 59.5 Å². The van der Waals surface area contributed by atoms with Crippen molar-refractivity contribution in [1.29, 1.82) is 0 Å². The number of aromatic amines is 1. The summed E-state index contributed by atoms with van der Waals surface area (Å²) in [6.45, 7) is 1.48. The van der Waals surface area contributed by atoms with Gasteiger partial charge in [0, 0.05) is 25.2 Å². The maximum absolute atomic E-state index is 13.8. The van der Waals surface area contributed by atoms with Crippen molar-refractivity contribution in [3.63, 3.8) is 0 Å². The lowest BCUT2D eigenvalue weighted by Gasteiger charge is -2.34. The van der Waals surface area contributed by atoms with Crippen LogP contribution in [0.2, 0.25) is 0 Å². The number of carbonyl (C=O) groups is 1. The first-order valence-electron chi connectivity index (χ1n) is 13.5. The SMILES string of the molecule is COc1ccc(C2CC(c3ccc4ccccc4c3)=NN2C(=O)CN2CCCC(n3ccc(=O)[nH]c3=O)C2)cc1. The number of fused-ring (bicyclic) bond motifs is 1. The Morgan fingerprint density at radius 1 is 1.02 bits per heavy atom. The number of hydrazone groups is 1. The predicted molar refractivity (Wildman–Crippen MR) is 154 cm³/mol. The average molecular weight is 538 g/mol. The first-order valence-corrected chi connectivity index (χ1v) is 13.5. The van der Waals surface area contributed by atoms with Crippen molar-refractivity contribution in [1.82, 2.24) is 19.5 Å². The zero-order chi connectivity index (χ0) is 27.6. The number of nitrogens with one attached hydrogen (secondary N) is 1. The van der Waals surface area contributed by atoms with Crippen LogP contribution in [0.5, 0.6) is 5.75 Å². The van der Waals surface area contributed by atoms with Crippen LogP contribution in [-0.2, 0) is 4.79 Å². The number of H-pyrrole nitrogens is 1. The maximum atomic E-state index is 13.8. The van der Waals surface area contributed by atoms with Crippen molar-refractivity contribution in [2.24, 2.45) is 5.10 Å². The summed E-state index contributed by atoms with van der Waals surface area (Å²) in [7, 11) is 1.63. The maximum Gasteiger partial charge on any atom is 0.328 e. The topological polar surface area (TPSA) is 100 Å². The van der Waals surface area contributed by atoms with Crippen molar-refractivity contribution >= 4 is 22.4 Å². The van der Waals surface area contributed by atoms with E-state index in [4.69, 9.17) is 9.84 Å². The summed E-state index contributed by atoms with van der Waals surface area (Å²) in [5, 5.41) is 8.79. The second-order valence-electron chi connectivity index (χ2n) is 10.4. The number of piperidine rings is 1. The molecule has 0 aliphatic carbocycles. The van der Waals surface area contributed by atoms with Gasteiger partial charge in [-0.25, -0.2) is 9.80 Å². The normalized spacial score (nSPS) is 19.5. The monoisotopic (exact) mass is 537 g/mol. The molecule has 9 nitrogen and oxygen atoms in total. The van der Waals surface area contributed by atoms with Crippen LogP contribution in [0.3, 0.4) is 0 Å². The summed E-state index contributed by atoms with van der Waals surface area (Å²) in [5.74, 6) is 0.665. The molecule has 1 saturated heterocycles. The number of aromatic nitrogens is 2. The van der Waals surface area contributed by atoms with Crippen molar-refractivity contribution in [2.75, 3.05) is 26.7 Å². The van der Waals surface area contributed by atoms with E-state index in [9.17, 15) is 14.4 Å². The minimum Gasteiger partial charge on any atom is -0.497 e. The Morgan fingerprint density at radius 2 is 1.82 bits per heavy atom. The number of benzene rings is 3. The molecule has 2 aliphatic rings. The van der Waals surface area contributed by atoms with E-state index in [0.717, 1.165) is 52.7 Å². The van der Waals surface area contributed by atoms with E-state index in [-0.39, 0.29) is 24.5 Å². The van der Waals surface area contributed by atoms with Gasteiger partial charge in [-0.2, -0.15) is 5.10 Å². The van der Waals surface area contributed by atoms with Crippen molar-refractivity contribution < 1.29 is 9.53 Å². The Bertz CT molecular complexity index is 1690. The van der Waals surface area contributed by atoms with Crippen molar-refractivity contribution in [2.45, 2.75) is 31.3 Å². The van der Waals surface area contributed by atoms with Gasteiger partial charge in [0.2, 0.25) is 0 Å². The van der Waals surface area contributed by atoms with Crippen LogP contribution in [0.15, 0.2) is 93.7 Å². The number of likely N-dealkylation sites (tertiary alicyclic amines) is 1. The van der Waals surface area contributed by atoms with Gasteiger partial charge in [0.1, 0.15) is 5.75 Å². The van der Waals surface area contributed by atoms with Crippen LogP contribution in [0, 0.1) is 0 Å². The number of methoxy groups -OCH3 is 1. The lowest BCUT2D eigenvalue weighted by molar-refractivity contribution is -0.134. The third-order valence-electron chi connectivity index (χ3n) is 7.83. The molecular weight excluding hydrogens is 506 g/mol. The molecular formula is C31H31N5O4. The third-order valence-corrected chi connectivity index (χ3v) is 7.83. The standard InChI is InChI=1S/C31H31N5O4/c1-40-26-12-10-22(11-13-26)28-18-27(24-9-8-21-5-2-3-6-23(21)17-24)33-36(28)30(38)20-34-15-4-7-25(19-34)35-16-14-29(37)32-31(35)39/h2-3,5-6,8-14,16-17,25,28H,4,7,15,18-20H2,1H3,(H,32,37,39). The molecule has 204 valence electrons. The second kappa shape index (κ2) is 10.9. The van der Waals surface area contributed by atoms with Crippen LogP contribution in [-0.4, -0.2) is 57.8 Å². The molecule has 0 saturated carbocycles. The van der Waals surface area contributed by atoms with E-state index in [2.05, 4.69) is 40.2 Å². The Hall–Kier alpha value is -4.50. The number of ether oxygens (including phenoxy) is 1. The Morgan fingerprint density at radius 3 is 2.60 bits per heavy atom. The van der Waals surface area contributed by atoms with Gasteiger partial charge >= 0.3 is 5.69 Å². The molecule has 2 aliphatic heterocycles. The summed E-state index contributed by atoms with van der Waals surface area (Å²) >= 11 is 0. The van der Waals surface area contributed by atoms with E-state index < -0.39 is 11.2 Å². The summed E-state index contributed by atoms with van der Waals surface area (Å²) in [5.41, 5.74) is 2.03. The highest BCUT2D eigenvalue weighted by Gasteiger charge is 2.34. The van der Waals surface area contributed by atoms with Crippen molar-refractivity contribution in [3.05, 3.63) is 111 Å². The van der Waals surface area contributed by atoms with Crippen LogP contribution in [0.4, 0.5) is 0 Å². The fourth-order valence-corrected chi connectivity index (χ4v) is 5.75. The van der Waals surface area contributed by atoms with Crippen molar-refractivity contribution in [3.8, 4) is 5.75 Å². The highest BCUT2D eigenvalue weighted by molar-refractivity contribution is 6.05. The van der Waals surface area contributed by atoms with Gasteiger partial charge in [0.05, 0.1) is 31.4 Å². The molecule has 0 bridgehead atoms. The van der Waals surface area contributed by atoms with Gasteiger partial charge in [0.25, 0.3) is 11.5 Å². The summed E-state index contributed by atoms with van der Waals surface area (Å²) < 4.78 is 6.90. The first-order chi connectivity index (χ1) is 19.5. The van der Waals surface area contributed by atoms with E-state index >= 15 is 0 Å². The molecule has 1 aromatic heterocycles. The highest BCUT2D eigenvalue weighted by atomic mass is 16.5. The predicted octanol–water partition coefficient (Wildman–Crippen LogP) is 3.71. The van der Waals surface area contributed by atoms with E-state index in [1.54, 1.807) is 16.7 Å². The number of amides is 1. The zero-order valence-corrected chi connectivity index (χ0v) is 22.3. The molecule has 6 rings (SSSR count). The number of nitrogens with zero attached hydrogens (tertiary/aromatic N) is 4. The highest BCUT2D eigenvalue weighted by Crippen LogP contribution is 2.34. The minimum atomic E-state index is -0.422. The first kappa shape index (κ1) is 25.8. The largest absolute Gasteiger partial charge is 0.497 e. The third kappa shape index (κ3) is 5.20. The number of hydrogen-bond donors (Lipinski definition) is 1. The lowest BCUT2D eigenvalue weighted by atomic mass is 9.97. The number of hydrogen-bond acceptors (Lipinski definition) is 6. The molecule has 4 aromatic rings. The van der Waals surface area contributed by atoms with Crippen LogP contribution >= 0.6 is 0 Å². The Labute approximate surface area is 231 Å². The summed E-state index contributed by atoms with van der Waals surface area (Å²) in [6, 6.07) is 23.3. The van der Waals surface area contributed by atoms with E-state index in [1.807, 2.05) is 36.4 Å². The lowest BCUT2D eigenvalue weighted by Crippen LogP contribution is -2.45. The van der Waals surface area contributed by atoms with Gasteiger partial charge in [-0.1, -0.05) is 48.5 Å². The van der Waals surface area contributed by atoms with E-state index in [1.165, 1.54) is 12.3 Å². The smallest absolute Gasteiger partial charge is 0.328 e.